The van der Waals surface area contributed by atoms with Crippen LogP contribution in [0.4, 0.5) is 10.1 Å². The van der Waals surface area contributed by atoms with E-state index in [0.29, 0.717) is 16.5 Å². The molecule has 0 saturated carbocycles. The van der Waals surface area contributed by atoms with Crippen LogP contribution in [0, 0.1) is 15.9 Å². The van der Waals surface area contributed by atoms with Crippen molar-refractivity contribution in [1.29, 1.82) is 0 Å². The zero-order valence-electron chi connectivity index (χ0n) is 15.3. The molecule has 0 aliphatic rings. The number of aromatic nitrogens is 1. The Balaban J connectivity index is 1.61. The fourth-order valence-corrected chi connectivity index (χ4v) is 3.00. The van der Waals surface area contributed by atoms with Crippen molar-refractivity contribution in [2.75, 3.05) is 6.26 Å². The third-order valence-corrected chi connectivity index (χ3v) is 4.71. The fraction of sp³-hybridized carbons (Fsp3) is 0.100. The Hall–Kier alpha value is -3.46. The molecule has 1 aromatic heterocycles. The van der Waals surface area contributed by atoms with E-state index in [9.17, 15) is 19.3 Å². The number of amides is 1. The van der Waals surface area contributed by atoms with E-state index in [1.54, 1.807) is 36.7 Å². The van der Waals surface area contributed by atoms with Crippen LogP contribution in [0.1, 0.15) is 15.9 Å². The molecule has 0 aliphatic heterocycles. The monoisotopic (exact) mass is 413 g/mol. The topological polar surface area (TPSA) is 94.4 Å². The van der Waals surface area contributed by atoms with Gasteiger partial charge in [0, 0.05) is 30.4 Å². The van der Waals surface area contributed by atoms with Gasteiger partial charge in [0.1, 0.15) is 11.6 Å². The molecule has 0 saturated heterocycles. The predicted octanol–water partition coefficient (Wildman–Crippen LogP) is 4.57. The van der Waals surface area contributed by atoms with Gasteiger partial charge >= 0.3 is 0 Å². The van der Waals surface area contributed by atoms with Gasteiger partial charge in [0.25, 0.3) is 11.6 Å². The number of pyridine rings is 1. The third kappa shape index (κ3) is 5.29. The van der Waals surface area contributed by atoms with Gasteiger partial charge in [0.05, 0.1) is 9.82 Å². The molecule has 1 heterocycles. The summed E-state index contributed by atoms with van der Waals surface area (Å²) in [6.45, 7) is 0.195. The molecule has 0 spiro atoms. The van der Waals surface area contributed by atoms with Crippen LogP contribution in [0.3, 0.4) is 0 Å². The van der Waals surface area contributed by atoms with E-state index in [1.807, 2.05) is 0 Å². The standard InChI is InChI=1S/C20H16FN3O4S/c1-29-18-8-3-14(10-17(18)24(26)27)20(25)23-12-13-2-9-19(22-11-13)28-16-6-4-15(21)5-7-16/h2-11H,12H2,1H3,(H,23,25). The number of hydrogen-bond acceptors (Lipinski definition) is 6. The van der Waals surface area contributed by atoms with Gasteiger partial charge in [-0.15, -0.1) is 11.8 Å². The number of nitrogens with zero attached hydrogens (tertiary/aromatic N) is 2. The van der Waals surface area contributed by atoms with Crippen LogP contribution in [0.15, 0.2) is 65.7 Å². The Morgan fingerprint density at radius 3 is 2.59 bits per heavy atom. The van der Waals surface area contributed by atoms with Crippen molar-refractivity contribution < 1.29 is 18.8 Å². The summed E-state index contributed by atoms with van der Waals surface area (Å²) < 4.78 is 18.4. The number of ether oxygens (including phenoxy) is 1. The summed E-state index contributed by atoms with van der Waals surface area (Å²) in [4.78, 5) is 27.6. The molecule has 7 nitrogen and oxygen atoms in total. The van der Waals surface area contributed by atoms with Crippen molar-refractivity contribution in [2.45, 2.75) is 11.4 Å². The SMILES string of the molecule is CSc1ccc(C(=O)NCc2ccc(Oc3ccc(F)cc3)nc2)cc1[N+](=O)[O-]. The van der Waals surface area contributed by atoms with Gasteiger partial charge in [0.2, 0.25) is 5.88 Å². The number of carbonyl (C=O) groups is 1. The first kappa shape index (κ1) is 20.3. The molecule has 0 fully saturated rings. The van der Waals surface area contributed by atoms with Gasteiger partial charge in [0.15, 0.2) is 0 Å². The van der Waals surface area contributed by atoms with Crippen LogP contribution in [0.2, 0.25) is 0 Å². The third-order valence-electron chi connectivity index (χ3n) is 3.92. The van der Waals surface area contributed by atoms with Crippen LogP contribution in [0.5, 0.6) is 11.6 Å². The number of hydrogen-bond donors (Lipinski definition) is 1. The normalized spacial score (nSPS) is 10.4. The second-order valence-electron chi connectivity index (χ2n) is 5.89. The van der Waals surface area contributed by atoms with E-state index in [0.717, 1.165) is 5.56 Å². The number of halogens is 1. The first-order valence-electron chi connectivity index (χ1n) is 8.45. The van der Waals surface area contributed by atoms with Crippen LogP contribution < -0.4 is 10.1 Å². The molecule has 148 valence electrons. The first-order chi connectivity index (χ1) is 14.0. The summed E-state index contributed by atoms with van der Waals surface area (Å²) in [5, 5.41) is 13.8. The second kappa shape index (κ2) is 9.16. The van der Waals surface area contributed by atoms with Gasteiger partial charge in [-0.05, 0) is 48.2 Å². The number of nitro benzene ring substituents is 1. The van der Waals surface area contributed by atoms with E-state index in [-0.39, 0.29) is 23.6 Å². The molecule has 0 atom stereocenters. The Bertz CT molecular complexity index is 1030. The summed E-state index contributed by atoms with van der Waals surface area (Å²) in [7, 11) is 0. The van der Waals surface area contributed by atoms with Crippen LogP contribution in [0.25, 0.3) is 0 Å². The smallest absolute Gasteiger partial charge is 0.283 e. The van der Waals surface area contributed by atoms with Gasteiger partial charge in [-0.3, -0.25) is 14.9 Å². The van der Waals surface area contributed by atoms with Gasteiger partial charge in [-0.1, -0.05) is 6.07 Å². The average molecular weight is 413 g/mol. The summed E-state index contributed by atoms with van der Waals surface area (Å²) in [6.07, 6.45) is 3.27. The van der Waals surface area contributed by atoms with Crippen LogP contribution in [-0.2, 0) is 6.54 Å². The summed E-state index contributed by atoms with van der Waals surface area (Å²) in [6, 6.07) is 13.3. The Kier molecular flexibility index (Phi) is 6.40. The molecule has 0 bridgehead atoms. The number of carbonyl (C=O) groups excluding carboxylic acids is 1. The molecular formula is C20H16FN3O4S. The van der Waals surface area contributed by atoms with Crippen LogP contribution >= 0.6 is 11.8 Å². The molecule has 29 heavy (non-hydrogen) atoms. The zero-order valence-corrected chi connectivity index (χ0v) is 16.1. The molecular weight excluding hydrogens is 397 g/mol. The highest BCUT2D eigenvalue weighted by Gasteiger charge is 2.17. The maximum absolute atomic E-state index is 12.9. The van der Waals surface area contributed by atoms with E-state index >= 15 is 0 Å². The Morgan fingerprint density at radius 1 is 1.21 bits per heavy atom. The minimum atomic E-state index is -0.508. The quantitative estimate of drug-likeness (QED) is 0.346. The molecule has 0 unspecified atom stereocenters. The molecule has 3 rings (SSSR count). The van der Waals surface area contributed by atoms with Crippen molar-refractivity contribution in [2.24, 2.45) is 0 Å². The lowest BCUT2D eigenvalue weighted by Gasteiger charge is -2.08. The van der Waals surface area contributed by atoms with Crippen molar-refractivity contribution in [1.82, 2.24) is 10.3 Å². The molecule has 2 aromatic carbocycles. The van der Waals surface area contributed by atoms with Crippen molar-refractivity contribution in [3.05, 3.63) is 87.9 Å². The lowest BCUT2D eigenvalue weighted by atomic mass is 10.2. The fourth-order valence-electron chi connectivity index (χ4n) is 2.46. The highest BCUT2D eigenvalue weighted by molar-refractivity contribution is 7.98. The lowest BCUT2D eigenvalue weighted by molar-refractivity contribution is -0.387. The Morgan fingerprint density at radius 2 is 1.97 bits per heavy atom. The zero-order chi connectivity index (χ0) is 20.8. The van der Waals surface area contributed by atoms with Gasteiger partial charge in [-0.25, -0.2) is 9.37 Å². The summed E-state index contributed by atoms with van der Waals surface area (Å²) in [5.41, 5.74) is 0.827. The molecule has 0 radical (unpaired) electrons. The molecule has 3 aromatic rings. The maximum Gasteiger partial charge on any atom is 0.283 e. The minimum Gasteiger partial charge on any atom is -0.439 e. The molecule has 1 N–H and O–H groups in total. The highest BCUT2D eigenvalue weighted by Crippen LogP contribution is 2.28. The predicted molar refractivity (Wildman–Crippen MR) is 107 cm³/mol. The Labute approximate surface area is 170 Å². The van der Waals surface area contributed by atoms with E-state index in [4.69, 9.17) is 4.74 Å². The molecule has 1 amide bonds. The van der Waals surface area contributed by atoms with E-state index in [1.165, 1.54) is 42.1 Å². The van der Waals surface area contributed by atoms with Crippen molar-refractivity contribution in [3.8, 4) is 11.6 Å². The summed E-state index contributed by atoms with van der Waals surface area (Å²) >= 11 is 1.24. The van der Waals surface area contributed by atoms with E-state index < -0.39 is 10.8 Å². The van der Waals surface area contributed by atoms with Crippen molar-refractivity contribution >= 4 is 23.4 Å². The summed E-state index contributed by atoms with van der Waals surface area (Å²) in [5.74, 6) is 0.00223. The lowest BCUT2D eigenvalue weighted by Crippen LogP contribution is -2.23. The van der Waals surface area contributed by atoms with Gasteiger partial charge < -0.3 is 10.1 Å². The first-order valence-corrected chi connectivity index (χ1v) is 9.67. The number of nitrogens with one attached hydrogen (secondary N) is 1. The maximum atomic E-state index is 12.9. The van der Waals surface area contributed by atoms with Crippen molar-refractivity contribution in [3.63, 3.8) is 0 Å². The highest BCUT2D eigenvalue weighted by atomic mass is 32.2. The largest absolute Gasteiger partial charge is 0.439 e. The number of thioether (sulfide) groups is 1. The minimum absolute atomic E-state index is 0.103. The van der Waals surface area contributed by atoms with E-state index in [2.05, 4.69) is 10.3 Å². The molecule has 9 heteroatoms. The second-order valence-corrected chi connectivity index (χ2v) is 6.74. The molecule has 0 aliphatic carbocycles. The number of rotatable bonds is 7. The number of benzene rings is 2. The van der Waals surface area contributed by atoms with Crippen LogP contribution in [-0.4, -0.2) is 22.1 Å². The van der Waals surface area contributed by atoms with Gasteiger partial charge in [-0.2, -0.15) is 0 Å². The average Bonchev–Trinajstić information content (AvgIpc) is 2.74. The number of nitro groups is 1.